The van der Waals surface area contributed by atoms with Crippen molar-refractivity contribution >= 4 is 42.5 Å². The van der Waals surface area contributed by atoms with Crippen LogP contribution in [0.25, 0.3) is 10.3 Å². The Hall–Kier alpha value is -1.70. The second-order valence-electron chi connectivity index (χ2n) is 10.9. The molecule has 2 aliphatic heterocycles. The zero-order valence-electron chi connectivity index (χ0n) is 20.4. The molecule has 0 spiro atoms. The first kappa shape index (κ1) is 24.4. The summed E-state index contributed by atoms with van der Waals surface area (Å²) in [5.74, 6) is 0.221. The number of hydrogen-bond acceptors (Lipinski definition) is 9. The van der Waals surface area contributed by atoms with Crippen LogP contribution in [-0.2, 0) is 13.6 Å². The Labute approximate surface area is 198 Å². The summed E-state index contributed by atoms with van der Waals surface area (Å²) in [5, 5.41) is 10.9. The van der Waals surface area contributed by atoms with Gasteiger partial charge in [0.15, 0.2) is 11.9 Å². The topological polar surface area (TPSA) is 111 Å². The second kappa shape index (κ2) is 8.20. The van der Waals surface area contributed by atoms with Crippen LogP contribution in [0.1, 0.15) is 47.8 Å². The monoisotopic (exact) mass is 495 g/mol. The molecule has 4 rings (SSSR count). The van der Waals surface area contributed by atoms with Crippen LogP contribution in [0.15, 0.2) is 16.0 Å². The number of ether oxygens (including phenoxy) is 1. The molecular weight excluding hydrogens is 462 g/mol. The van der Waals surface area contributed by atoms with E-state index in [2.05, 4.69) is 56.5 Å². The first-order valence-electron chi connectivity index (χ1n) is 11.0. The molecule has 0 saturated carbocycles. The van der Waals surface area contributed by atoms with Crippen LogP contribution in [0.2, 0.25) is 10.1 Å². The summed E-state index contributed by atoms with van der Waals surface area (Å²) in [6.07, 6.45) is 0.0944. The molecule has 0 aliphatic carbocycles. The van der Waals surface area contributed by atoms with Crippen LogP contribution in [0.3, 0.4) is 0 Å². The van der Waals surface area contributed by atoms with Gasteiger partial charge in [0.2, 0.25) is 0 Å². The Balaban J connectivity index is 1.71. The highest BCUT2D eigenvalue weighted by Crippen LogP contribution is 2.55. The summed E-state index contributed by atoms with van der Waals surface area (Å²) < 4.78 is 21.3. The molecule has 2 aliphatic rings. The molecule has 33 heavy (non-hydrogen) atoms. The lowest BCUT2D eigenvalue weighted by Crippen LogP contribution is -2.65. The highest BCUT2D eigenvalue weighted by molar-refractivity contribution is 7.16. The number of rotatable bonds is 3. The Kier molecular flexibility index (Phi) is 6.07. The number of thiazole rings is 1. The first-order chi connectivity index (χ1) is 15.2. The van der Waals surface area contributed by atoms with E-state index in [1.54, 1.807) is 17.4 Å². The molecule has 4 heterocycles. The van der Waals surface area contributed by atoms with E-state index in [1.165, 1.54) is 4.57 Å². The van der Waals surface area contributed by atoms with Crippen LogP contribution < -0.4 is 4.87 Å². The molecule has 182 valence electrons. The normalized spacial score (nSPS) is 27.9. The SMILES string of the molecule is CN(C)/C=N\c1ncc2sc(=O)n([C@@H]3O[C@@H]4CO[Si](C(C)(C)C)(C(C)(C)C)O[C@@H]4[C@H]3O)c2n1. The zero-order chi connectivity index (χ0) is 24.3. The van der Waals surface area contributed by atoms with Crippen molar-refractivity contribution in [2.24, 2.45) is 4.99 Å². The van der Waals surface area contributed by atoms with Gasteiger partial charge >= 0.3 is 13.4 Å². The summed E-state index contributed by atoms with van der Waals surface area (Å²) in [6, 6.07) is 0. The van der Waals surface area contributed by atoms with E-state index in [0.29, 0.717) is 17.0 Å². The van der Waals surface area contributed by atoms with E-state index in [-0.39, 0.29) is 20.9 Å². The van der Waals surface area contributed by atoms with Gasteiger partial charge in [-0.25, -0.2) is 9.98 Å². The van der Waals surface area contributed by atoms with Crippen molar-refractivity contribution in [2.75, 3.05) is 20.7 Å². The Bertz CT molecular complexity index is 1100. The van der Waals surface area contributed by atoms with Gasteiger partial charge in [0.05, 0.1) is 23.8 Å². The Morgan fingerprint density at radius 3 is 2.55 bits per heavy atom. The van der Waals surface area contributed by atoms with Crippen LogP contribution in [0.4, 0.5) is 5.95 Å². The number of hydrogen-bond donors (Lipinski definition) is 1. The summed E-state index contributed by atoms with van der Waals surface area (Å²) >= 11 is 1.01. The van der Waals surface area contributed by atoms with E-state index in [4.69, 9.17) is 13.6 Å². The molecule has 0 aromatic carbocycles. The average Bonchev–Trinajstić information content (AvgIpc) is 3.19. The van der Waals surface area contributed by atoms with Crippen molar-refractivity contribution in [3.8, 4) is 0 Å². The van der Waals surface area contributed by atoms with Gasteiger partial charge in [-0.3, -0.25) is 9.36 Å². The standard InChI is InChI=1S/C21H33N5O5SSi/c1-20(2,3)33(21(4,5)6)29-10-12-15(31-33)14(27)17(30-12)26-16-13(32-19(26)28)9-22-18(24-16)23-11-25(7)8/h9,11-12,14-15,17,27H,10H2,1-8H3/b23-11-/t12-,14-,15+,17-/m1/s1. The summed E-state index contributed by atoms with van der Waals surface area (Å²) in [4.78, 5) is 27.3. The maximum absolute atomic E-state index is 12.9. The van der Waals surface area contributed by atoms with Crippen molar-refractivity contribution in [3.05, 3.63) is 15.9 Å². The summed E-state index contributed by atoms with van der Waals surface area (Å²) in [5.41, 5.74) is 0.379. The molecule has 4 atom stereocenters. The van der Waals surface area contributed by atoms with Gasteiger partial charge in [0.25, 0.3) is 5.95 Å². The molecule has 1 N–H and O–H groups in total. The quantitative estimate of drug-likeness (QED) is 0.393. The number of aliphatic imine (C=N–C) groups is 1. The minimum Gasteiger partial charge on any atom is -0.391 e. The van der Waals surface area contributed by atoms with Crippen molar-refractivity contribution < 1.29 is 18.7 Å². The van der Waals surface area contributed by atoms with Crippen molar-refractivity contribution in [2.45, 2.75) is 76.2 Å². The molecule has 2 fully saturated rings. The van der Waals surface area contributed by atoms with Gasteiger partial charge in [-0.1, -0.05) is 52.9 Å². The van der Waals surface area contributed by atoms with Crippen LogP contribution in [0, 0.1) is 0 Å². The van der Waals surface area contributed by atoms with Gasteiger partial charge in [-0.15, -0.1) is 0 Å². The van der Waals surface area contributed by atoms with Crippen molar-refractivity contribution in [1.82, 2.24) is 19.4 Å². The molecular formula is C21H33N5O5SSi. The molecule has 0 radical (unpaired) electrons. The third kappa shape index (κ3) is 4.06. The van der Waals surface area contributed by atoms with Crippen molar-refractivity contribution in [3.63, 3.8) is 0 Å². The number of aromatic nitrogens is 3. The third-order valence-electron chi connectivity index (χ3n) is 6.04. The predicted octanol–water partition coefficient (Wildman–Crippen LogP) is 2.79. The maximum Gasteiger partial charge on any atom is 0.349 e. The van der Waals surface area contributed by atoms with E-state index < -0.39 is 33.1 Å². The minimum absolute atomic E-state index is 0.221. The van der Waals surface area contributed by atoms with E-state index >= 15 is 0 Å². The van der Waals surface area contributed by atoms with Gasteiger partial charge in [0, 0.05) is 24.2 Å². The fourth-order valence-electron chi connectivity index (χ4n) is 4.83. The Morgan fingerprint density at radius 2 is 1.94 bits per heavy atom. The fraction of sp³-hybridized carbons (Fsp3) is 0.714. The molecule has 2 saturated heterocycles. The van der Waals surface area contributed by atoms with Crippen LogP contribution >= 0.6 is 11.3 Å². The molecule has 2 aromatic heterocycles. The third-order valence-corrected chi connectivity index (χ3v) is 12.0. The second-order valence-corrected chi connectivity index (χ2v) is 16.6. The first-order valence-corrected chi connectivity index (χ1v) is 13.6. The minimum atomic E-state index is -2.80. The summed E-state index contributed by atoms with van der Waals surface area (Å²) in [7, 11) is 0.882. The lowest BCUT2D eigenvalue weighted by Gasteiger charge is -2.53. The van der Waals surface area contributed by atoms with Gasteiger partial charge < -0.3 is 23.6 Å². The largest absolute Gasteiger partial charge is 0.391 e. The Morgan fingerprint density at radius 1 is 1.27 bits per heavy atom. The van der Waals surface area contributed by atoms with E-state index in [9.17, 15) is 9.90 Å². The van der Waals surface area contributed by atoms with E-state index in [0.717, 1.165) is 11.3 Å². The highest BCUT2D eigenvalue weighted by atomic mass is 32.1. The van der Waals surface area contributed by atoms with Crippen molar-refractivity contribution in [1.29, 1.82) is 0 Å². The molecule has 0 unspecified atom stereocenters. The number of aliphatic hydroxyl groups excluding tert-OH is 1. The maximum atomic E-state index is 12.9. The summed E-state index contributed by atoms with van der Waals surface area (Å²) in [6.45, 7) is 13.0. The lowest BCUT2D eigenvalue weighted by atomic mass is 10.1. The van der Waals surface area contributed by atoms with Crippen LogP contribution in [0.5, 0.6) is 0 Å². The highest BCUT2D eigenvalue weighted by Gasteiger charge is 2.65. The molecule has 2 aromatic rings. The molecule has 10 nitrogen and oxygen atoms in total. The molecule has 0 bridgehead atoms. The van der Waals surface area contributed by atoms with E-state index in [1.807, 2.05) is 14.1 Å². The molecule has 0 amide bonds. The van der Waals surface area contributed by atoms with Gasteiger partial charge in [0.1, 0.15) is 18.3 Å². The number of fused-ring (bicyclic) bond motifs is 2. The average molecular weight is 496 g/mol. The molecule has 12 heteroatoms. The lowest BCUT2D eigenvalue weighted by molar-refractivity contribution is -0.0798. The van der Waals surface area contributed by atoms with Crippen LogP contribution in [-0.4, -0.2) is 78.5 Å². The van der Waals surface area contributed by atoms with Gasteiger partial charge in [-0.05, 0) is 0 Å². The zero-order valence-corrected chi connectivity index (χ0v) is 22.2. The predicted molar refractivity (Wildman–Crippen MR) is 129 cm³/mol. The number of aliphatic hydroxyl groups is 1. The number of nitrogens with zero attached hydrogens (tertiary/aromatic N) is 5. The fourth-order valence-corrected chi connectivity index (χ4v) is 10.6. The smallest absolute Gasteiger partial charge is 0.349 e. The van der Waals surface area contributed by atoms with Gasteiger partial charge in [-0.2, -0.15) is 4.98 Å².